The van der Waals surface area contributed by atoms with Gasteiger partial charge in [0.25, 0.3) is 0 Å². The van der Waals surface area contributed by atoms with E-state index in [9.17, 15) is 19.2 Å². The summed E-state index contributed by atoms with van der Waals surface area (Å²) in [6.07, 6.45) is 2.61. The summed E-state index contributed by atoms with van der Waals surface area (Å²) < 4.78 is 0. The summed E-state index contributed by atoms with van der Waals surface area (Å²) >= 11 is 0. The lowest BCUT2D eigenvalue weighted by atomic mass is 10.1. The van der Waals surface area contributed by atoms with Crippen LogP contribution in [0.2, 0.25) is 0 Å². The Labute approximate surface area is 138 Å². The first-order valence-corrected chi connectivity index (χ1v) is 7.47. The van der Waals surface area contributed by atoms with Gasteiger partial charge in [-0.15, -0.1) is 0 Å². The molecule has 0 aliphatic heterocycles. The van der Waals surface area contributed by atoms with Crippen LogP contribution in [0.4, 0.5) is 9.59 Å². The van der Waals surface area contributed by atoms with Gasteiger partial charge in [-0.2, -0.15) is 0 Å². The number of urea groups is 2. The second-order valence-electron chi connectivity index (χ2n) is 5.11. The first-order chi connectivity index (χ1) is 11.6. The number of H-pyrrole nitrogens is 1. The Hall–Kier alpha value is -3.16. The number of nitrogens with zero attached hydrogens (tertiary/aromatic N) is 1. The lowest BCUT2D eigenvalue weighted by molar-refractivity contribution is -0.128. The van der Waals surface area contributed by atoms with Gasteiger partial charge in [-0.3, -0.25) is 25.1 Å². The van der Waals surface area contributed by atoms with Gasteiger partial charge in [0.2, 0.25) is 12.3 Å². The highest BCUT2D eigenvalue weighted by molar-refractivity contribution is 6.03. The SMILES string of the molecule is CCCC(=O)N(Cc1c[nH]c2ccccc12)C(=O)NC(=O)NC=O. The number of fused-ring (bicyclic) bond motifs is 1. The van der Waals surface area contributed by atoms with Gasteiger partial charge >= 0.3 is 12.1 Å². The number of rotatable bonds is 5. The molecule has 0 spiro atoms. The zero-order valence-corrected chi connectivity index (χ0v) is 13.2. The Morgan fingerprint density at radius 3 is 2.71 bits per heavy atom. The number of imide groups is 3. The minimum atomic E-state index is -0.983. The fourth-order valence-corrected chi connectivity index (χ4v) is 2.31. The summed E-state index contributed by atoms with van der Waals surface area (Å²) in [6.45, 7) is 1.84. The molecular weight excluding hydrogens is 312 g/mol. The molecule has 0 radical (unpaired) electrons. The van der Waals surface area contributed by atoms with Crippen molar-refractivity contribution in [1.82, 2.24) is 20.5 Å². The van der Waals surface area contributed by atoms with Crippen LogP contribution in [0.5, 0.6) is 0 Å². The van der Waals surface area contributed by atoms with Crippen LogP contribution in [0.3, 0.4) is 0 Å². The van der Waals surface area contributed by atoms with Crippen molar-refractivity contribution >= 4 is 35.3 Å². The highest BCUT2D eigenvalue weighted by Crippen LogP contribution is 2.19. The summed E-state index contributed by atoms with van der Waals surface area (Å²) in [5.41, 5.74) is 1.63. The topological polar surface area (TPSA) is 111 Å². The van der Waals surface area contributed by atoms with Gasteiger partial charge in [0.05, 0.1) is 6.54 Å². The Bertz CT molecular complexity index is 768. The normalized spacial score (nSPS) is 10.2. The van der Waals surface area contributed by atoms with Crippen molar-refractivity contribution in [3.63, 3.8) is 0 Å². The number of benzene rings is 1. The Balaban J connectivity index is 2.22. The predicted octanol–water partition coefficient (Wildman–Crippen LogP) is 1.87. The molecule has 24 heavy (non-hydrogen) atoms. The summed E-state index contributed by atoms with van der Waals surface area (Å²) in [7, 11) is 0. The number of carbonyl (C=O) groups excluding carboxylic acids is 4. The first kappa shape index (κ1) is 17.2. The molecule has 0 fully saturated rings. The maximum absolute atomic E-state index is 12.2. The van der Waals surface area contributed by atoms with Crippen molar-refractivity contribution in [2.24, 2.45) is 0 Å². The molecule has 1 aromatic heterocycles. The van der Waals surface area contributed by atoms with E-state index >= 15 is 0 Å². The fraction of sp³-hybridized carbons (Fsp3) is 0.250. The van der Waals surface area contributed by atoms with Gasteiger partial charge in [-0.05, 0) is 18.1 Å². The van der Waals surface area contributed by atoms with Gasteiger partial charge in [-0.25, -0.2) is 9.59 Å². The number of aromatic amines is 1. The lowest BCUT2D eigenvalue weighted by Gasteiger charge is -2.20. The van der Waals surface area contributed by atoms with Crippen molar-refractivity contribution in [1.29, 1.82) is 0 Å². The largest absolute Gasteiger partial charge is 0.361 e. The molecule has 0 aliphatic rings. The molecule has 0 bridgehead atoms. The van der Waals surface area contributed by atoms with Crippen LogP contribution in [0, 0.1) is 0 Å². The Morgan fingerprint density at radius 1 is 1.25 bits per heavy atom. The molecule has 2 rings (SSSR count). The van der Waals surface area contributed by atoms with E-state index in [0.29, 0.717) is 6.42 Å². The number of hydrogen-bond donors (Lipinski definition) is 3. The molecule has 3 N–H and O–H groups in total. The van der Waals surface area contributed by atoms with Crippen LogP contribution < -0.4 is 10.6 Å². The van der Waals surface area contributed by atoms with Crippen molar-refractivity contribution in [3.05, 3.63) is 36.0 Å². The molecule has 2 aromatic rings. The minimum Gasteiger partial charge on any atom is -0.361 e. The smallest absolute Gasteiger partial charge is 0.332 e. The molecule has 1 aromatic carbocycles. The van der Waals surface area contributed by atoms with Crippen molar-refractivity contribution in [3.8, 4) is 0 Å². The molecule has 1 heterocycles. The number of nitrogens with one attached hydrogen (secondary N) is 3. The van der Waals surface area contributed by atoms with E-state index in [1.807, 2.05) is 36.5 Å². The Morgan fingerprint density at radius 2 is 2.00 bits per heavy atom. The van der Waals surface area contributed by atoms with E-state index in [-0.39, 0.29) is 19.4 Å². The molecule has 0 saturated carbocycles. The maximum atomic E-state index is 12.2. The maximum Gasteiger partial charge on any atom is 0.332 e. The molecule has 126 valence electrons. The quantitative estimate of drug-likeness (QED) is 0.727. The van der Waals surface area contributed by atoms with Crippen molar-refractivity contribution < 1.29 is 19.2 Å². The molecule has 6 amide bonds. The molecule has 0 atom stereocenters. The number of aromatic nitrogens is 1. The van der Waals surface area contributed by atoms with Crippen LogP contribution in [0.1, 0.15) is 25.3 Å². The van der Waals surface area contributed by atoms with Crippen LogP contribution in [0.15, 0.2) is 30.5 Å². The third-order valence-corrected chi connectivity index (χ3v) is 3.42. The zero-order chi connectivity index (χ0) is 17.5. The van der Waals surface area contributed by atoms with E-state index in [4.69, 9.17) is 0 Å². The number of carbonyl (C=O) groups is 4. The van der Waals surface area contributed by atoms with Crippen LogP contribution in [-0.4, -0.2) is 34.3 Å². The van der Waals surface area contributed by atoms with E-state index in [1.54, 1.807) is 11.5 Å². The average molecular weight is 330 g/mol. The third-order valence-electron chi connectivity index (χ3n) is 3.42. The van der Waals surface area contributed by atoms with Gasteiger partial charge in [0.1, 0.15) is 0 Å². The second kappa shape index (κ2) is 7.91. The molecule has 0 saturated heterocycles. The molecular formula is C16H18N4O4. The first-order valence-electron chi connectivity index (χ1n) is 7.47. The molecule has 0 unspecified atom stereocenters. The fourth-order valence-electron chi connectivity index (χ4n) is 2.31. The van der Waals surface area contributed by atoms with Gasteiger partial charge in [0, 0.05) is 23.5 Å². The average Bonchev–Trinajstić information content (AvgIpc) is 2.96. The molecule has 0 aliphatic carbocycles. The van der Waals surface area contributed by atoms with Gasteiger partial charge in [0.15, 0.2) is 0 Å². The highest BCUT2D eigenvalue weighted by atomic mass is 16.2. The monoisotopic (exact) mass is 330 g/mol. The van der Waals surface area contributed by atoms with Gasteiger partial charge in [-0.1, -0.05) is 25.1 Å². The van der Waals surface area contributed by atoms with E-state index in [2.05, 4.69) is 4.98 Å². The molecule has 8 heteroatoms. The standard InChI is InChI=1S/C16H18N4O4/c1-2-5-14(22)20(16(24)19-15(23)18-10-21)9-11-8-17-13-7-4-3-6-12(11)13/h3-4,6-8,10,17H,2,5,9H2,1H3,(H2,18,19,21,23,24). The molecule has 8 nitrogen and oxygen atoms in total. The summed E-state index contributed by atoms with van der Waals surface area (Å²) in [5.74, 6) is -0.404. The number of amides is 6. The van der Waals surface area contributed by atoms with E-state index < -0.39 is 18.0 Å². The minimum absolute atomic E-state index is 0.0169. The summed E-state index contributed by atoms with van der Waals surface area (Å²) in [4.78, 5) is 50.1. The highest BCUT2D eigenvalue weighted by Gasteiger charge is 2.23. The van der Waals surface area contributed by atoms with E-state index in [0.717, 1.165) is 21.4 Å². The Kier molecular flexibility index (Phi) is 5.67. The van der Waals surface area contributed by atoms with Crippen LogP contribution >= 0.6 is 0 Å². The van der Waals surface area contributed by atoms with Crippen molar-refractivity contribution in [2.75, 3.05) is 0 Å². The second-order valence-corrected chi connectivity index (χ2v) is 5.11. The van der Waals surface area contributed by atoms with Gasteiger partial charge < -0.3 is 4.98 Å². The number of para-hydroxylation sites is 1. The van der Waals surface area contributed by atoms with Crippen LogP contribution in [0.25, 0.3) is 10.9 Å². The lowest BCUT2D eigenvalue weighted by Crippen LogP contribution is -2.48. The van der Waals surface area contributed by atoms with Crippen LogP contribution in [-0.2, 0) is 16.1 Å². The summed E-state index contributed by atoms with van der Waals surface area (Å²) in [6, 6.07) is 5.63. The zero-order valence-electron chi connectivity index (χ0n) is 13.2. The predicted molar refractivity (Wildman–Crippen MR) is 86.9 cm³/mol. The van der Waals surface area contributed by atoms with Crippen molar-refractivity contribution in [2.45, 2.75) is 26.3 Å². The van der Waals surface area contributed by atoms with E-state index in [1.165, 1.54) is 0 Å². The third kappa shape index (κ3) is 3.97. The number of hydrogen-bond acceptors (Lipinski definition) is 4. The summed E-state index contributed by atoms with van der Waals surface area (Å²) in [5, 5.41) is 4.64.